The lowest BCUT2D eigenvalue weighted by Gasteiger charge is -2.36. The Morgan fingerprint density at radius 3 is 2.44 bits per heavy atom. The third-order valence-electron chi connectivity index (χ3n) is 4.67. The maximum Gasteiger partial charge on any atom is 0.254 e. The number of nitrogens with zero attached hydrogens (tertiary/aromatic N) is 5. The van der Waals surface area contributed by atoms with E-state index in [1.165, 1.54) is 4.90 Å². The highest BCUT2D eigenvalue weighted by Crippen LogP contribution is 2.20. The number of hydrogen-bond acceptors (Lipinski definition) is 7. The second kappa shape index (κ2) is 7.29. The quantitative estimate of drug-likeness (QED) is 0.597. The van der Waals surface area contributed by atoms with Crippen LogP contribution in [0.1, 0.15) is 11.9 Å². The summed E-state index contributed by atoms with van der Waals surface area (Å²) in [5, 5.41) is 20.8. The lowest BCUT2D eigenvalue weighted by atomic mass is 10.1. The first-order chi connectivity index (χ1) is 13.1. The predicted molar refractivity (Wildman–Crippen MR) is 97.9 cm³/mol. The minimum atomic E-state index is -1.58. The third-order valence-corrected chi connectivity index (χ3v) is 4.67. The summed E-state index contributed by atoms with van der Waals surface area (Å²) in [6.45, 7) is 1.95. The molecule has 4 rings (SSSR count). The van der Waals surface area contributed by atoms with Crippen molar-refractivity contribution in [3.05, 3.63) is 48.5 Å². The van der Waals surface area contributed by atoms with Gasteiger partial charge in [-0.15, -0.1) is 0 Å². The second-order valence-corrected chi connectivity index (χ2v) is 6.39. The van der Waals surface area contributed by atoms with E-state index in [4.69, 9.17) is 0 Å². The van der Waals surface area contributed by atoms with Crippen molar-refractivity contribution >= 4 is 22.9 Å². The molecule has 3 heterocycles. The van der Waals surface area contributed by atoms with Gasteiger partial charge in [0.2, 0.25) is 5.95 Å². The van der Waals surface area contributed by atoms with Gasteiger partial charge < -0.3 is 25.0 Å². The summed E-state index contributed by atoms with van der Waals surface area (Å²) < 4.78 is 0. The molecular weight excluding hydrogens is 348 g/mol. The normalized spacial score (nSPS) is 17.1. The summed E-state index contributed by atoms with van der Waals surface area (Å²) in [5.74, 6) is 0.275. The first kappa shape index (κ1) is 17.4. The highest BCUT2D eigenvalue weighted by molar-refractivity contribution is 5.82. The Kier molecular flexibility index (Phi) is 4.69. The van der Waals surface area contributed by atoms with Crippen molar-refractivity contribution in [1.29, 1.82) is 0 Å². The van der Waals surface area contributed by atoms with Gasteiger partial charge in [0.25, 0.3) is 5.91 Å². The van der Waals surface area contributed by atoms with Crippen molar-refractivity contribution in [2.75, 3.05) is 31.1 Å². The van der Waals surface area contributed by atoms with E-state index < -0.39 is 18.1 Å². The van der Waals surface area contributed by atoms with Crippen LogP contribution in [0.5, 0.6) is 0 Å². The minimum Gasteiger partial charge on any atom is -0.382 e. The Bertz CT molecular complexity index is 890. The summed E-state index contributed by atoms with van der Waals surface area (Å²) >= 11 is 0. The molecule has 140 valence electrons. The van der Waals surface area contributed by atoms with Crippen LogP contribution < -0.4 is 4.90 Å². The van der Waals surface area contributed by atoms with Crippen LogP contribution in [0.4, 0.5) is 5.95 Å². The minimum absolute atomic E-state index is 0.174. The fourth-order valence-corrected chi connectivity index (χ4v) is 3.17. The Labute approximate surface area is 155 Å². The van der Waals surface area contributed by atoms with Gasteiger partial charge in [0.05, 0.1) is 11.0 Å². The first-order valence-electron chi connectivity index (χ1n) is 8.75. The Balaban J connectivity index is 1.40. The van der Waals surface area contributed by atoms with Gasteiger partial charge in [-0.05, 0) is 18.2 Å². The molecule has 3 aromatic rings. The summed E-state index contributed by atoms with van der Waals surface area (Å²) in [5.41, 5.74) is 1.41. The van der Waals surface area contributed by atoms with Crippen molar-refractivity contribution in [3.8, 4) is 0 Å². The van der Waals surface area contributed by atoms with Crippen molar-refractivity contribution in [2.24, 2.45) is 0 Å². The number of aliphatic hydroxyl groups excluding tert-OH is 2. The molecule has 9 nitrogen and oxygen atoms in total. The molecule has 0 bridgehead atoms. The fraction of sp³-hybridized carbons (Fsp3) is 0.333. The monoisotopic (exact) mass is 368 g/mol. The lowest BCUT2D eigenvalue weighted by molar-refractivity contribution is -0.147. The zero-order valence-electron chi connectivity index (χ0n) is 14.6. The summed E-state index contributed by atoms with van der Waals surface area (Å²) in [6, 6.07) is 9.03. The number of nitrogens with one attached hydrogen (secondary N) is 1. The highest BCUT2D eigenvalue weighted by Gasteiger charge is 2.33. The number of aromatic nitrogens is 4. The van der Waals surface area contributed by atoms with Crippen LogP contribution in [-0.2, 0) is 4.79 Å². The number of rotatable bonds is 4. The molecule has 0 spiro atoms. The van der Waals surface area contributed by atoms with Gasteiger partial charge in [-0.3, -0.25) is 4.79 Å². The van der Waals surface area contributed by atoms with Crippen LogP contribution in [0.2, 0.25) is 0 Å². The second-order valence-electron chi connectivity index (χ2n) is 6.39. The molecule has 27 heavy (non-hydrogen) atoms. The molecule has 1 aromatic carbocycles. The number of para-hydroxylation sites is 2. The number of amides is 1. The number of benzene rings is 1. The number of imidazole rings is 1. The number of piperazine rings is 1. The largest absolute Gasteiger partial charge is 0.382 e. The molecule has 1 aliphatic rings. The van der Waals surface area contributed by atoms with Crippen LogP contribution in [0, 0.1) is 0 Å². The standard InChI is InChI=1S/C18H20N6O3/c25-14(16-21-12-4-1-2-5-13(12)22-16)15(26)17(27)23-8-10-24(11-9-23)18-19-6-3-7-20-18/h1-7,14-15,25-26H,8-11H2,(H,21,22). The number of fused-ring (bicyclic) bond motifs is 1. The average Bonchev–Trinajstić information content (AvgIpc) is 3.17. The molecule has 1 aliphatic heterocycles. The molecule has 0 saturated carbocycles. The zero-order chi connectivity index (χ0) is 18.8. The molecule has 0 aliphatic carbocycles. The van der Waals surface area contributed by atoms with E-state index in [1.807, 2.05) is 23.1 Å². The molecule has 3 N–H and O–H groups in total. The van der Waals surface area contributed by atoms with E-state index >= 15 is 0 Å². The molecule has 9 heteroatoms. The molecule has 2 unspecified atom stereocenters. The third kappa shape index (κ3) is 3.46. The predicted octanol–water partition coefficient (Wildman–Crippen LogP) is 0.0960. The van der Waals surface area contributed by atoms with Crippen LogP contribution in [0.3, 0.4) is 0 Å². The van der Waals surface area contributed by atoms with E-state index in [9.17, 15) is 15.0 Å². The van der Waals surface area contributed by atoms with Crippen molar-refractivity contribution in [1.82, 2.24) is 24.8 Å². The highest BCUT2D eigenvalue weighted by atomic mass is 16.3. The summed E-state index contributed by atoms with van der Waals surface area (Å²) in [7, 11) is 0. The smallest absolute Gasteiger partial charge is 0.254 e. The van der Waals surface area contributed by atoms with Gasteiger partial charge in [0.15, 0.2) is 6.10 Å². The number of carbonyl (C=O) groups excluding carboxylic acids is 1. The lowest BCUT2D eigenvalue weighted by Crippen LogP contribution is -2.52. The van der Waals surface area contributed by atoms with Crippen LogP contribution in [0.25, 0.3) is 11.0 Å². The van der Waals surface area contributed by atoms with E-state index in [0.717, 1.165) is 5.52 Å². The number of H-pyrrole nitrogens is 1. The fourth-order valence-electron chi connectivity index (χ4n) is 3.17. The van der Waals surface area contributed by atoms with Gasteiger partial charge in [-0.1, -0.05) is 12.1 Å². The number of anilines is 1. The van der Waals surface area contributed by atoms with Gasteiger partial charge in [-0.25, -0.2) is 15.0 Å². The molecule has 1 saturated heterocycles. The Hall–Kier alpha value is -3.04. The number of aliphatic hydroxyl groups is 2. The average molecular weight is 368 g/mol. The van der Waals surface area contributed by atoms with E-state index in [-0.39, 0.29) is 5.82 Å². The summed E-state index contributed by atoms with van der Waals surface area (Å²) in [6.07, 6.45) is 0.353. The van der Waals surface area contributed by atoms with Crippen LogP contribution >= 0.6 is 0 Å². The first-order valence-corrected chi connectivity index (χ1v) is 8.75. The van der Waals surface area contributed by atoms with Crippen molar-refractivity contribution in [2.45, 2.75) is 12.2 Å². The molecule has 0 radical (unpaired) electrons. The Morgan fingerprint density at radius 1 is 1.04 bits per heavy atom. The SMILES string of the molecule is O=C(C(O)C(O)c1nc2ccccc2[nH]1)N1CCN(c2ncccn2)CC1. The summed E-state index contributed by atoms with van der Waals surface area (Å²) in [4.78, 5) is 31.7. The number of hydrogen-bond donors (Lipinski definition) is 3. The zero-order valence-corrected chi connectivity index (χ0v) is 14.6. The molecule has 1 amide bonds. The maximum atomic E-state index is 12.6. The number of aromatic amines is 1. The number of carbonyl (C=O) groups is 1. The topological polar surface area (TPSA) is 118 Å². The van der Waals surface area contributed by atoms with Gasteiger partial charge in [0, 0.05) is 38.6 Å². The van der Waals surface area contributed by atoms with Crippen molar-refractivity contribution in [3.63, 3.8) is 0 Å². The van der Waals surface area contributed by atoms with Crippen LogP contribution in [-0.4, -0.2) is 73.2 Å². The molecule has 1 fully saturated rings. The van der Waals surface area contributed by atoms with Crippen LogP contribution in [0.15, 0.2) is 42.7 Å². The van der Waals surface area contributed by atoms with E-state index in [0.29, 0.717) is 37.6 Å². The Morgan fingerprint density at radius 2 is 1.74 bits per heavy atom. The van der Waals surface area contributed by atoms with Gasteiger partial charge >= 0.3 is 0 Å². The van der Waals surface area contributed by atoms with E-state index in [1.54, 1.807) is 24.5 Å². The van der Waals surface area contributed by atoms with Gasteiger partial charge in [-0.2, -0.15) is 0 Å². The molecule has 2 atom stereocenters. The maximum absolute atomic E-state index is 12.6. The van der Waals surface area contributed by atoms with Gasteiger partial charge in [0.1, 0.15) is 11.9 Å². The van der Waals surface area contributed by atoms with E-state index in [2.05, 4.69) is 19.9 Å². The molecular formula is C18H20N6O3. The van der Waals surface area contributed by atoms with Crippen molar-refractivity contribution < 1.29 is 15.0 Å². The molecule has 2 aromatic heterocycles.